The Bertz CT molecular complexity index is 569. The first-order valence-corrected chi connectivity index (χ1v) is 8.72. The van der Waals surface area contributed by atoms with Crippen LogP contribution in [0.3, 0.4) is 0 Å². The molecule has 1 saturated heterocycles. The van der Waals surface area contributed by atoms with Crippen molar-refractivity contribution >= 4 is 50.0 Å². The number of piperidine rings is 1. The molecule has 0 radical (unpaired) electrons. The normalized spacial score (nSPS) is 20.4. The molecular weight excluding hydrogens is 387 g/mol. The zero-order chi connectivity index (χ0) is 14.0. The standard InChI is InChI=1S/C12H16BrClN2O2S.ClH/c13-10-4-1-5-11(12(10)14)19(17,18)16-6-2-3-9(7-15)8-16;/h1,4-5,9H,2-3,6-8,15H2;1H. The molecule has 4 nitrogen and oxygen atoms in total. The van der Waals surface area contributed by atoms with Gasteiger partial charge in [-0.2, -0.15) is 4.31 Å². The zero-order valence-electron chi connectivity index (χ0n) is 10.8. The third-order valence-electron chi connectivity index (χ3n) is 3.35. The number of hydrogen-bond donors (Lipinski definition) is 1. The number of sulfonamides is 1. The minimum atomic E-state index is -3.54. The molecule has 2 N–H and O–H groups in total. The molecule has 1 aliphatic heterocycles. The summed E-state index contributed by atoms with van der Waals surface area (Å²) in [5.41, 5.74) is 5.65. The van der Waals surface area contributed by atoms with E-state index in [0.29, 0.717) is 24.1 Å². The lowest BCUT2D eigenvalue weighted by Crippen LogP contribution is -2.42. The molecule has 1 aromatic carbocycles. The zero-order valence-corrected chi connectivity index (χ0v) is 14.7. The molecule has 1 aliphatic rings. The molecule has 1 aromatic rings. The van der Waals surface area contributed by atoms with Crippen molar-refractivity contribution in [3.05, 3.63) is 27.7 Å². The van der Waals surface area contributed by atoms with Crippen molar-refractivity contribution < 1.29 is 8.42 Å². The van der Waals surface area contributed by atoms with Gasteiger partial charge in [0.25, 0.3) is 0 Å². The molecule has 1 fully saturated rings. The van der Waals surface area contributed by atoms with E-state index in [9.17, 15) is 8.42 Å². The van der Waals surface area contributed by atoms with Crippen LogP contribution in [0.25, 0.3) is 0 Å². The molecule has 1 unspecified atom stereocenters. The molecule has 1 heterocycles. The minimum Gasteiger partial charge on any atom is -0.330 e. The van der Waals surface area contributed by atoms with Crippen molar-refractivity contribution in [2.75, 3.05) is 19.6 Å². The molecule has 20 heavy (non-hydrogen) atoms. The first-order chi connectivity index (χ1) is 8.96. The van der Waals surface area contributed by atoms with Gasteiger partial charge in [0.1, 0.15) is 4.90 Å². The first-order valence-electron chi connectivity index (χ1n) is 6.11. The second-order valence-corrected chi connectivity index (χ2v) is 7.80. The Morgan fingerprint density at radius 3 is 2.80 bits per heavy atom. The number of hydrogen-bond acceptors (Lipinski definition) is 3. The number of nitrogens with zero attached hydrogens (tertiary/aromatic N) is 1. The third kappa shape index (κ3) is 3.67. The van der Waals surface area contributed by atoms with Crippen LogP contribution in [0, 0.1) is 5.92 Å². The summed E-state index contributed by atoms with van der Waals surface area (Å²) in [6.45, 7) is 1.52. The van der Waals surface area contributed by atoms with E-state index in [1.165, 1.54) is 10.4 Å². The lowest BCUT2D eigenvalue weighted by Gasteiger charge is -2.31. The van der Waals surface area contributed by atoms with Gasteiger partial charge < -0.3 is 5.73 Å². The summed E-state index contributed by atoms with van der Waals surface area (Å²) in [5.74, 6) is 0.231. The number of benzene rings is 1. The van der Waals surface area contributed by atoms with Gasteiger partial charge in [-0.3, -0.25) is 0 Å². The van der Waals surface area contributed by atoms with E-state index in [4.69, 9.17) is 17.3 Å². The number of nitrogens with two attached hydrogens (primary N) is 1. The van der Waals surface area contributed by atoms with Crippen molar-refractivity contribution in [3.8, 4) is 0 Å². The summed E-state index contributed by atoms with van der Waals surface area (Å²) in [5, 5.41) is 0.234. The Kier molecular flexibility index (Phi) is 6.76. The monoisotopic (exact) mass is 402 g/mol. The largest absolute Gasteiger partial charge is 0.330 e. The highest BCUT2D eigenvalue weighted by Gasteiger charge is 2.31. The van der Waals surface area contributed by atoms with Crippen LogP contribution in [0.4, 0.5) is 0 Å². The van der Waals surface area contributed by atoms with Gasteiger partial charge in [0.15, 0.2) is 0 Å². The quantitative estimate of drug-likeness (QED) is 0.843. The van der Waals surface area contributed by atoms with E-state index in [1.807, 2.05) is 0 Å². The summed E-state index contributed by atoms with van der Waals surface area (Å²) >= 11 is 9.34. The molecule has 0 saturated carbocycles. The average Bonchev–Trinajstić information content (AvgIpc) is 2.41. The molecular formula is C12H17BrCl2N2O2S. The van der Waals surface area contributed by atoms with E-state index in [-0.39, 0.29) is 28.2 Å². The highest BCUT2D eigenvalue weighted by atomic mass is 79.9. The predicted octanol–water partition coefficient (Wildman–Crippen LogP) is 2.88. The summed E-state index contributed by atoms with van der Waals surface area (Å²) < 4.78 is 27.3. The maximum Gasteiger partial charge on any atom is 0.244 e. The van der Waals surface area contributed by atoms with Crippen molar-refractivity contribution in [3.63, 3.8) is 0 Å². The molecule has 8 heteroatoms. The lowest BCUT2D eigenvalue weighted by molar-refractivity contribution is 0.271. The average molecular weight is 404 g/mol. The van der Waals surface area contributed by atoms with E-state index >= 15 is 0 Å². The van der Waals surface area contributed by atoms with Crippen LogP contribution in [0.2, 0.25) is 5.02 Å². The van der Waals surface area contributed by atoms with Gasteiger partial charge in [-0.1, -0.05) is 17.7 Å². The number of halogens is 3. The highest BCUT2D eigenvalue weighted by Crippen LogP contribution is 2.32. The van der Waals surface area contributed by atoms with Crippen molar-refractivity contribution in [2.24, 2.45) is 11.7 Å². The fraction of sp³-hybridized carbons (Fsp3) is 0.500. The summed E-state index contributed by atoms with van der Waals surface area (Å²) in [7, 11) is -3.54. The topological polar surface area (TPSA) is 63.4 Å². The van der Waals surface area contributed by atoms with Gasteiger partial charge in [0.05, 0.1) is 5.02 Å². The van der Waals surface area contributed by atoms with Gasteiger partial charge in [0.2, 0.25) is 10.0 Å². The van der Waals surface area contributed by atoms with Crippen LogP contribution in [-0.2, 0) is 10.0 Å². The van der Waals surface area contributed by atoms with Crippen LogP contribution in [0.5, 0.6) is 0 Å². The van der Waals surface area contributed by atoms with E-state index < -0.39 is 10.0 Å². The van der Waals surface area contributed by atoms with Gasteiger partial charge in [-0.15, -0.1) is 12.4 Å². The van der Waals surface area contributed by atoms with Gasteiger partial charge in [-0.05, 0) is 53.4 Å². The van der Waals surface area contributed by atoms with Gasteiger partial charge in [0, 0.05) is 17.6 Å². The number of rotatable bonds is 3. The Hall–Kier alpha value is 0.150. The van der Waals surface area contributed by atoms with Crippen molar-refractivity contribution in [1.29, 1.82) is 0 Å². The molecule has 0 bridgehead atoms. The highest BCUT2D eigenvalue weighted by molar-refractivity contribution is 9.10. The maximum atomic E-state index is 12.6. The maximum absolute atomic E-state index is 12.6. The fourth-order valence-corrected chi connectivity index (χ4v) is 4.82. The van der Waals surface area contributed by atoms with Crippen LogP contribution in [0.15, 0.2) is 27.6 Å². The Morgan fingerprint density at radius 2 is 2.15 bits per heavy atom. The minimum absolute atomic E-state index is 0. The lowest BCUT2D eigenvalue weighted by atomic mass is 10.0. The fourth-order valence-electron chi connectivity index (χ4n) is 2.26. The van der Waals surface area contributed by atoms with Crippen LogP contribution < -0.4 is 5.73 Å². The summed E-state index contributed by atoms with van der Waals surface area (Å²) in [4.78, 5) is 0.154. The van der Waals surface area contributed by atoms with Crippen LogP contribution >= 0.6 is 39.9 Å². The van der Waals surface area contributed by atoms with Gasteiger partial charge >= 0.3 is 0 Å². The third-order valence-corrected chi connectivity index (χ3v) is 6.66. The molecule has 0 amide bonds. The summed E-state index contributed by atoms with van der Waals surface area (Å²) in [6.07, 6.45) is 1.82. The van der Waals surface area contributed by atoms with Crippen molar-refractivity contribution in [1.82, 2.24) is 4.31 Å². The molecule has 114 valence electrons. The second kappa shape index (κ2) is 7.42. The Morgan fingerprint density at radius 1 is 1.45 bits per heavy atom. The second-order valence-electron chi connectivity index (χ2n) is 4.66. The van der Waals surface area contributed by atoms with Crippen LogP contribution in [0.1, 0.15) is 12.8 Å². The van der Waals surface area contributed by atoms with E-state index in [2.05, 4.69) is 15.9 Å². The molecule has 1 atom stereocenters. The first kappa shape index (κ1) is 18.2. The van der Waals surface area contributed by atoms with Crippen LogP contribution in [-0.4, -0.2) is 32.4 Å². The van der Waals surface area contributed by atoms with Gasteiger partial charge in [-0.25, -0.2) is 8.42 Å². The predicted molar refractivity (Wildman–Crippen MR) is 86.9 cm³/mol. The smallest absolute Gasteiger partial charge is 0.244 e. The Labute approximate surface area is 139 Å². The van der Waals surface area contributed by atoms with Crippen molar-refractivity contribution in [2.45, 2.75) is 17.7 Å². The molecule has 0 spiro atoms. The van der Waals surface area contributed by atoms with E-state index in [0.717, 1.165) is 12.8 Å². The molecule has 2 rings (SSSR count). The van der Waals surface area contributed by atoms with E-state index in [1.54, 1.807) is 12.1 Å². The molecule has 0 aromatic heterocycles. The molecule has 0 aliphatic carbocycles. The SMILES string of the molecule is Cl.NCC1CCCN(S(=O)(=O)c2cccc(Br)c2Cl)C1. The Balaban J connectivity index is 0.00000200. The summed E-state index contributed by atoms with van der Waals surface area (Å²) in [6, 6.07) is 4.93.